The van der Waals surface area contributed by atoms with E-state index in [2.05, 4.69) is 10.6 Å². The Balaban J connectivity index is 1.74. The van der Waals surface area contributed by atoms with E-state index in [0.717, 1.165) is 10.5 Å². The lowest BCUT2D eigenvalue weighted by molar-refractivity contribution is -0.113. The molecule has 0 fully saturated rings. The Bertz CT molecular complexity index is 885. The van der Waals surface area contributed by atoms with Crippen molar-refractivity contribution in [2.45, 2.75) is 31.7 Å². The lowest BCUT2D eigenvalue weighted by atomic mass is 10.1. The molecular formula is C21H24N2O4S. The zero-order valence-corrected chi connectivity index (χ0v) is 17.0. The van der Waals surface area contributed by atoms with Gasteiger partial charge in [-0.1, -0.05) is 6.07 Å². The van der Waals surface area contributed by atoms with Crippen LogP contribution in [0.25, 0.3) is 0 Å². The number of benzene rings is 2. The minimum atomic E-state index is -0.220. The second-order valence-corrected chi connectivity index (χ2v) is 7.33. The van der Waals surface area contributed by atoms with Crippen molar-refractivity contribution in [1.82, 2.24) is 5.32 Å². The fourth-order valence-electron chi connectivity index (χ4n) is 2.92. The average molecular weight is 401 g/mol. The number of thioether (sulfide) groups is 1. The van der Waals surface area contributed by atoms with Crippen molar-refractivity contribution < 1.29 is 19.1 Å². The molecule has 2 N–H and O–H groups in total. The van der Waals surface area contributed by atoms with E-state index in [1.165, 1.54) is 11.8 Å². The second-order valence-electron chi connectivity index (χ2n) is 6.32. The first-order chi connectivity index (χ1) is 13.5. The van der Waals surface area contributed by atoms with E-state index in [9.17, 15) is 9.59 Å². The summed E-state index contributed by atoms with van der Waals surface area (Å²) in [6, 6.07) is 10.8. The molecular weight excluding hydrogens is 376 g/mol. The summed E-state index contributed by atoms with van der Waals surface area (Å²) in [7, 11) is 0. The van der Waals surface area contributed by atoms with Gasteiger partial charge >= 0.3 is 0 Å². The predicted molar refractivity (Wildman–Crippen MR) is 110 cm³/mol. The van der Waals surface area contributed by atoms with Crippen LogP contribution < -0.4 is 20.1 Å². The number of fused-ring (bicyclic) bond motifs is 1. The Labute approximate surface area is 169 Å². The highest BCUT2D eigenvalue weighted by molar-refractivity contribution is 8.00. The van der Waals surface area contributed by atoms with E-state index in [1.807, 2.05) is 45.0 Å². The molecule has 1 aliphatic heterocycles. The van der Waals surface area contributed by atoms with Crippen molar-refractivity contribution in [3.8, 4) is 11.5 Å². The maximum Gasteiger partial charge on any atom is 0.251 e. The first kappa shape index (κ1) is 20.1. The molecule has 1 heterocycles. The standard InChI is InChI=1S/C21H24N2O4S/c1-4-26-17-8-6-14(11-18(17)27-5-2)13(3)22-21(25)15-7-9-19-16(10-15)23-20(24)12-28-19/h6-11,13H,4-5,12H2,1-3H3,(H,22,25)(H,23,24). The summed E-state index contributed by atoms with van der Waals surface area (Å²) >= 11 is 1.47. The molecule has 1 atom stereocenters. The zero-order valence-electron chi connectivity index (χ0n) is 16.2. The van der Waals surface area contributed by atoms with Gasteiger partial charge in [-0.05, 0) is 56.7 Å². The van der Waals surface area contributed by atoms with Crippen molar-refractivity contribution >= 4 is 29.3 Å². The van der Waals surface area contributed by atoms with E-state index in [-0.39, 0.29) is 17.9 Å². The lowest BCUT2D eigenvalue weighted by Crippen LogP contribution is -2.27. The van der Waals surface area contributed by atoms with E-state index in [4.69, 9.17) is 9.47 Å². The molecule has 2 aromatic rings. The van der Waals surface area contributed by atoms with Crippen LogP contribution in [-0.2, 0) is 4.79 Å². The Morgan fingerprint density at radius 1 is 1.14 bits per heavy atom. The van der Waals surface area contributed by atoms with E-state index in [0.29, 0.717) is 41.7 Å². The van der Waals surface area contributed by atoms with E-state index >= 15 is 0 Å². The van der Waals surface area contributed by atoms with Gasteiger partial charge in [0.2, 0.25) is 5.91 Å². The average Bonchev–Trinajstić information content (AvgIpc) is 2.69. The van der Waals surface area contributed by atoms with Crippen molar-refractivity contribution in [3.63, 3.8) is 0 Å². The Kier molecular flexibility index (Phi) is 6.46. The first-order valence-corrected chi connectivity index (χ1v) is 10.3. The monoisotopic (exact) mass is 400 g/mol. The van der Waals surface area contributed by atoms with Crippen LogP contribution in [0.1, 0.15) is 42.7 Å². The number of rotatable bonds is 7. The third-order valence-electron chi connectivity index (χ3n) is 4.29. The summed E-state index contributed by atoms with van der Waals surface area (Å²) in [5.74, 6) is 1.49. The molecule has 6 nitrogen and oxygen atoms in total. The van der Waals surface area contributed by atoms with Gasteiger partial charge in [-0.2, -0.15) is 0 Å². The predicted octanol–water partition coefficient (Wildman–Crippen LogP) is 4.02. The van der Waals surface area contributed by atoms with Crippen LogP contribution in [0, 0.1) is 0 Å². The largest absolute Gasteiger partial charge is 0.490 e. The number of nitrogens with one attached hydrogen (secondary N) is 2. The van der Waals surface area contributed by atoms with Gasteiger partial charge in [0.1, 0.15) is 0 Å². The molecule has 1 aliphatic rings. The topological polar surface area (TPSA) is 76.7 Å². The third kappa shape index (κ3) is 4.59. The molecule has 0 aromatic heterocycles. The summed E-state index contributed by atoms with van der Waals surface area (Å²) in [6.45, 7) is 6.84. The quantitative estimate of drug-likeness (QED) is 0.734. The van der Waals surface area contributed by atoms with Crippen LogP contribution >= 0.6 is 11.8 Å². The molecule has 0 saturated carbocycles. The SMILES string of the molecule is CCOc1ccc(C(C)NC(=O)c2ccc3c(c2)NC(=O)CS3)cc1OCC. The normalized spacial score (nSPS) is 13.9. The van der Waals surface area contributed by atoms with Gasteiger partial charge < -0.3 is 20.1 Å². The van der Waals surface area contributed by atoms with Gasteiger partial charge in [0.15, 0.2) is 11.5 Å². The van der Waals surface area contributed by atoms with Crippen molar-refractivity contribution in [1.29, 1.82) is 0 Å². The van der Waals surface area contributed by atoms with E-state index < -0.39 is 0 Å². The summed E-state index contributed by atoms with van der Waals surface area (Å²) < 4.78 is 11.2. The van der Waals surface area contributed by atoms with Crippen molar-refractivity contribution in [2.75, 3.05) is 24.3 Å². The number of hydrogen-bond acceptors (Lipinski definition) is 5. The van der Waals surface area contributed by atoms with Gasteiger partial charge in [0, 0.05) is 10.5 Å². The molecule has 0 radical (unpaired) electrons. The molecule has 2 amide bonds. The minimum absolute atomic E-state index is 0.0544. The Morgan fingerprint density at radius 3 is 2.64 bits per heavy atom. The number of carbonyl (C=O) groups is 2. The summed E-state index contributed by atoms with van der Waals surface area (Å²) in [5.41, 5.74) is 2.10. The summed E-state index contributed by atoms with van der Waals surface area (Å²) in [4.78, 5) is 25.2. The zero-order chi connectivity index (χ0) is 20.1. The Hall–Kier alpha value is -2.67. The molecule has 1 unspecified atom stereocenters. The van der Waals surface area contributed by atoms with Gasteiger partial charge in [-0.15, -0.1) is 11.8 Å². The highest BCUT2D eigenvalue weighted by atomic mass is 32.2. The fraction of sp³-hybridized carbons (Fsp3) is 0.333. The molecule has 0 aliphatic carbocycles. The summed E-state index contributed by atoms with van der Waals surface area (Å²) in [6.07, 6.45) is 0. The number of carbonyl (C=O) groups excluding carboxylic acids is 2. The molecule has 148 valence electrons. The Morgan fingerprint density at radius 2 is 1.89 bits per heavy atom. The van der Waals surface area contributed by atoms with Gasteiger partial charge in [0.05, 0.1) is 30.7 Å². The number of hydrogen-bond donors (Lipinski definition) is 2. The smallest absolute Gasteiger partial charge is 0.251 e. The maximum absolute atomic E-state index is 12.7. The molecule has 3 rings (SSSR count). The maximum atomic E-state index is 12.7. The number of amides is 2. The second kappa shape index (κ2) is 9.01. The fourth-order valence-corrected chi connectivity index (χ4v) is 3.71. The van der Waals surface area contributed by atoms with Crippen LogP contribution in [0.2, 0.25) is 0 Å². The van der Waals surface area contributed by atoms with Crippen molar-refractivity contribution in [3.05, 3.63) is 47.5 Å². The van der Waals surface area contributed by atoms with Crippen LogP contribution in [0.4, 0.5) is 5.69 Å². The van der Waals surface area contributed by atoms with Crippen LogP contribution in [0.3, 0.4) is 0 Å². The first-order valence-electron chi connectivity index (χ1n) is 9.29. The third-order valence-corrected chi connectivity index (χ3v) is 5.36. The van der Waals surface area contributed by atoms with Crippen LogP contribution in [-0.4, -0.2) is 30.8 Å². The highest BCUT2D eigenvalue weighted by Gasteiger charge is 2.19. The summed E-state index contributed by atoms with van der Waals surface area (Å²) in [5, 5.41) is 5.81. The molecule has 7 heteroatoms. The molecule has 0 bridgehead atoms. The van der Waals surface area contributed by atoms with Gasteiger partial charge in [0.25, 0.3) is 5.91 Å². The van der Waals surface area contributed by atoms with Gasteiger partial charge in [-0.25, -0.2) is 0 Å². The highest BCUT2D eigenvalue weighted by Crippen LogP contribution is 2.33. The lowest BCUT2D eigenvalue weighted by Gasteiger charge is -2.19. The number of ether oxygens (including phenoxy) is 2. The van der Waals surface area contributed by atoms with Crippen LogP contribution in [0.5, 0.6) is 11.5 Å². The molecule has 2 aromatic carbocycles. The van der Waals surface area contributed by atoms with E-state index in [1.54, 1.807) is 12.1 Å². The molecule has 0 spiro atoms. The van der Waals surface area contributed by atoms with Crippen LogP contribution in [0.15, 0.2) is 41.3 Å². The number of anilines is 1. The van der Waals surface area contributed by atoms with Gasteiger partial charge in [-0.3, -0.25) is 9.59 Å². The minimum Gasteiger partial charge on any atom is -0.490 e. The molecule has 0 saturated heterocycles. The molecule has 28 heavy (non-hydrogen) atoms. The van der Waals surface area contributed by atoms with Crippen molar-refractivity contribution in [2.24, 2.45) is 0 Å².